The highest BCUT2D eigenvalue weighted by atomic mass is 35.5. The molecule has 0 unspecified atom stereocenters. The number of aryl methyl sites for hydroxylation is 1. The van der Waals surface area contributed by atoms with Crippen molar-refractivity contribution in [1.82, 2.24) is 29.1 Å². The molecule has 28 heavy (non-hydrogen) atoms. The summed E-state index contributed by atoms with van der Waals surface area (Å²) in [5.74, 6) is 1.12. The van der Waals surface area contributed by atoms with E-state index in [1.807, 2.05) is 60.5 Å². The van der Waals surface area contributed by atoms with Crippen molar-refractivity contribution in [1.29, 1.82) is 0 Å². The number of fused-ring (bicyclic) bond motifs is 1. The summed E-state index contributed by atoms with van der Waals surface area (Å²) in [4.78, 5) is 13.1. The van der Waals surface area contributed by atoms with E-state index in [0.29, 0.717) is 16.8 Å². The predicted octanol–water partition coefficient (Wildman–Crippen LogP) is 4.51. The summed E-state index contributed by atoms with van der Waals surface area (Å²) < 4.78 is 3.64. The van der Waals surface area contributed by atoms with Gasteiger partial charge < -0.3 is 4.57 Å². The van der Waals surface area contributed by atoms with Gasteiger partial charge in [-0.15, -0.1) is 5.10 Å². The molecule has 7 heteroatoms. The highest BCUT2D eigenvalue weighted by Crippen LogP contribution is 2.39. The average molecular weight is 387 g/mol. The monoisotopic (exact) mass is 386 g/mol. The largest absolute Gasteiger partial charge is 0.331 e. The molecule has 6 nitrogen and oxygen atoms in total. The SMILES string of the molecule is Cn1ccnc1-c1nc(Cl)c2c(-c3ccccc3)c(-c3cccnc3)cn2n1. The van der Waals surface area contributed by atoms with E-state index in [4.69, 9.17) is 11.6 Å². The molecule has 4 heterocycles. The van der Waals surface area contributed by atoms with Gasteiger partial charge in [-0.1, -0.05) is 48.0 Å². The van der Waals surface area contributed by atoms with Gasteiger partial charge in [0.2, 0.25) is 5.82 Å². The lowest BCUT2D eigenvalue weighted by atomic mass is 9.99. The summed E-state index contributed by atoms with van der Waals surface area (Å²) in [5.41, 5.74) is 4.75. The molecule has 136 valence electrons. The Morgan fingerprint density at radius 2 is 1.79 bits per heavy atom. The van der Waals surface area contributed by atoms with Gasteiger partial charge in [0.25, 0.3) is 0 Å². The molecule has 0 aliphatic heterocycles. The van der Waals surface area contributed by atoms with E-state index in [1.165, 1.54) is 0 Å². The van der Waals surface area contributed by atoms with Crippen molar-refractivity contribution < 1.29 is 0 Å². The minimum Gasteiger partial charge on any atom is -0.331 e. The van der Waals surface area contributed by atoms with Crippen LogP contribution in [0.3, 0.4) is 0 Å². The van der Waals surface area contributed by atoms with E-state index < -0.39 is 0 Å². The minimum absolute atomic E-state index is 0.377. The van der Waals surface area contributed by atoms with Crippen LogP contribution < -0.4 is 0 Å². The quantitative estimate of drug-likeness (QED) is 0.457. The molecule has 0 radical (unpaired) electrons. The molecule has 0 aliphatic carbocycles. The van der Waals surface area contributed by atoms with Crippen molar-refractivity contribution in [2.24, 2.45) is 7.05 Å². The third-order valence-corrected chi connectivity index (χ3v) is 4.91. The van der Waals surface area contributed by atoms with Gasteiger partial charge in [-0.25, -0.2) is 14.5 Å². The van der Waals surface area contributed by atoms with Crippen molar-refractivity contribution in [2.45, 2.75) is 0 Å². The second-order valence-corrected chi connectivity index (χ2v) is 6.76. The Balaban J connectivity index is 1.84. The van der Waals surface area contributed by atoms with Crippen molar-refractivity contribution >= 4 is 17.1 Å². The van der Waals surface area contributed by atoms with Crippen molar-refractivity contribution in [3.8, 4) is 33.9 Å². The first-order valence-corrected chi connectivity index (χ1v) is 9.12. The summed E-state index contributed by atoms with van der Waals surface area (Å²) in [6.45, 7) is 0. The van der Waals surface area contributed by atoms with Crippen LogP contribution in [0.5, 0.6) is 0 Å². The second kappa shape index (κ2) is 6.58. The molecule has 1 aromatic carbocycles. The lowest BCUT2D eigenvalue weighted by molar-refractivity contribution is 0.860. The van der Waals surface area contributed by atoms with Crippen LogP contribution in [0, 0.1) is 0 Å². The molecular weight excluding hydrogens is 372 g/mol. The van der Waals surface area contributed by atoms with Crippen LogP contribution in [-0.2, 0) is 7.05 Å². The van der Waals surface area contributed by atoms with Gasteiger partial charge in [0.05, 0.1) is 0 Å². The zero-order valence-electron chi connectivity index (χ0n) is 15.0. The normalized spacial score (nSPS) is 11.2. The van der Waals surface area contributed by atoms with Crippen LogP contribution in [0.2, 0.25) is 5.15 Å². The molecule has 0 saturated carbocycles. The molecule has 0 N–H and O–H groups in total. The predicted molar refractivity (Wildman–Crippen MR) is 109 cm³/mol. The molecule has 0 bridgehead atoms. The number of hydrogen-bond acceptors (Lipinski definition) is 4. The maximum atomic E-state index is 6.66. The highest BCUT2D eigenvalue weighted by Gasteiger charge is 2.20. The fraction of sp³-hybridized carbons (Fsp3) is 0.0476. The van der Waals surface area contributed by atoms with E-state index in [1.54, 1.807) is 16.9 Å². The molecule has 0 amide bonds. The number of halogens is 1. The Morgan fingerprint density at radius 1 is 0.964 bits per heavy atom. The Hall–Kier alpha value is -3.51. The smallest absolute Gasteiger partial charge is 0.217 e. The Morgan fingerprint density at radius 3 is 2.50 bits per heavy atom. The molecular formula is C21H15ClN6. The third-order valence-electron chi connectivity index (χ3n) is 4.64. The van der Waals surface area contributed by atoms with Gasteiger partial charge in [0, 0.05) is 54.7 Å². The van der Waals surface area contributed by atoms with E-state index in [2.05, 4.69) is 32.2 Å². The van der Waals surface area contributed by atoms with Crippen LogP contribution in [0.1, 0.15) is 0 Å². The lowest BCUT2D eigenvalue weighted by Gasteiger charge is -2.07. The third kappa shape index (κ3) is 2.66. The zero-order valence-corrected chi connectivity index (χ0v) is 15.7. The maximum absolute atomic E-state index is 6.66. The second-order valence-electron chi connectivity index (χ2n) is 6.41. The van der Waals surface area contributed by atoms with Crippen LogP contribution in [-0.4, -0.2) is 29.1 Å². The highest BCUT2D eigenvalue weighted by molar-refractivity contribution is 6.33. The molecule has 4 aromatic heterocycles. The number of aromatic nitrogens is 6. The number of nitrogens with zero attached hydrogens (tertiary/aromatic N) is 6. The van der Waals surface area contributed by atoms with Gasteiger partial charge >= 0.3 is 0 Å². The number of benzene rings is 1. The van der Waals surface area contributed by atoms with Gasteiger partial charge in [0.15, 0.2) is 11.0 Å². The number of pyridine rings is 1. The van der Waals surface area contributed by atoms with E-state index in [0.717, 1.165) is 27.8 Å². The van der Waals surface area contributed by atoms with E-state index in [9.17, 15) is 0 Å². The Kier molecular flexibility index (Phi) is 3.91. The molecule has 5 aromatic rings. The van der Waals surface area contributed by atoms with Crippen molar-refractivity contribution in [2.75, 3.05) is 0 Å². The summed E-state index contributed by atoms with van der Waals surface area (Å²) in [5, 5.41) is 5.07. The van der Waals surface area contributed by atoms with Gasteiger partial charge in [-0.05, 0) is 11.6 Å². The fourth-order valence-electron chi connectivity index (χ4n) is 3.35. The van der Waals surface area contributed by atoms with Crippen LogP contribution in [0.4, 0.5) is 0 Å². The topological polar surface area (TPSA) is 60.9 Å². The zero-order chi connectivity index (χ0) is 19.1. The van der Waals surface area contributed by atoms with Gasteiger partial charge in [-0.2, -0.15) is 0 Å². The van der Waals surface area contributed by atoms with E-state index in [-0.39, 0.29) is 0 Å². The molecule has 0 aliphatic rings. The Labute approximate surface area is 166 Å². The fourth-order valence-corrected chi connectivity index (χ4v) is 3.62. The Bertz CT molecular complexity index is 1270. The van der Waals surface area contributed by atoms with Gasteiger partial charge in [-0.3, -0.25) is 4.98 Å². The van der Waals surface area contributed by atoms with E-state index >= 15 is 0 Å². The molecule has 0 atom stereocenters. The standard InChI is InChI=1S/C21H15ClN6/c1-27-11-10-24-21(27)20-25-19(22)18-17(14-6-3-2-4-7-14)16(13-28(18)26-20)15-8-5-9-23-12-15/h2-13H,1H3. The molecule has 0 saturated heterocycles. The van der Waals surface area contributed by atoms with Gasteiger partial charge in [0.1, 0.15) is 5.52 Å². The first-order chi connectivity index (χ1) is 13.7. The first kappa shape index (κ1) is 16.6. The summed E-state index contributed by atoms with van der Waals surface area (Å²) in [6, 6.07) is 14.0. The van der Waals surface area contributed by atoms with Crippen molar-refractivity contribution in [3.05, 3.63) is 78.6 Å². The average Bonchev–Trinajstić information content (AvgIpc) is 3.33. The van der Waals surface area contributed by atoms with Crippen LogP contribution in [0.15, 0.2) is 73.4 Å². The van der Waals surface area contributed by atoms with Crippen LogP contribution >= 0.6 is 11.6 Å². The summed E-state index contributed by atoms with van der Waals surface area (Å²) >= 11 is 6.66. The number of hydrogen-bond donors (Lipinski definition) is 0. The number of rotatable bonds is 3. The van der Waals surface area contributed by atoms with Crippen molar-refractivity contribution in [3.63, 3.8) is 0 Å². The number of imidazole rings is 1. The lowest BCUT2D eigenvalue weighted by Crippen LogP contribution is -2.02. The first-order valence-electron chi connectivity index (χ1n) is 8.75. The molecule has 5 rings (SSSR count). The minimum atomic E-state index is 0.377. The summed E-state index contributed by atoms with van der Waals surface area (Å²) in [7, 11) is 1.90. The van der Waals surface area contributed by atoms with Crippen LogP contribution in [0.25, 0.3) is 39.4 Å². The molecule has 0 fully saturated rings. The molecule has 0 spiro atoms. The maximum Gasteiger partial charge on any atom is 0.217 e. The summed E-state index contributed by atoms with van der Waals surface area (Å²) in [6.07, 6.45) is 9.12.